The number of para-hydroxylation sites is 1. The molecule has 0 saturated carbocycles. The van der Waals surface area contributed by atoms with Crippen LogP contribution >= 0.6 is 7.60 Å². The number of hydrogen-bond acceptors (Lipinski definition) is 11. The summed E-state index contributed by atoms with van der Waals surface area (Å²) in [5, 5.41) is 11.4. The number of benzene rings is 1. The molecule has 1 saturated heterocycles. The second-order valence-electron chi connectivity index (χ2n) is 10.1. The van der Waals surface area contributed by atoms with E-state index in [2.05, 4.69) is 21.8 Å². The third-order valence-electron chi connectivity index (χ3n) is 6.45. The molecule has 6 atom stereocenters. The average molecular weight is 606 g/mol. The van der Waals surface area contributed by atoms with Crippen molar-refractivity contribution in [1.29, 1.82) is 0 Å². The number of aromatic amines is 1. The molecule has 6 N–H and O–H groups in total. The molecule has 0 radical (unpaired) electrons. The van der Waals surface area contributed by atoms with Gasteiger partial charge in [-0.1, -0.05) is 37.0 Å². The molecule has 0 spiro atoms. The van der Waals surface area contributed by atoms with Crippen molar-refractivity contribution in [2.75, 3.05) is 25.2 Å². The average Bonchev–Trinajstić information content (AvgIpc) is 3.45. The number of nitrogens with zero attached hydrogens (tertiary/aromatic N) is 2. The molecule has 1 unspecified atom stereocenters. The number of esters is 1. The van der Waals surface area contributed by atoms with Gasteiger partial charge in [0.2, 0.25) is 5.95 Å². The normalized spacial score (nSPS) is 24.1. The Morgan fingerprint density at radius 1 is 1.31 bits per heavy atom. The van der Waals surface area contributed by atoms with Crippen molar-refractivity contribution in [3.05, 3.63) is 52.9 Å². The van der Waals surface area contributed by atoms with Gasteiger partial charge in [-0.05, 0) is 32.0 Å². The second kappa shape index (κ2) is 12.6. The maximum Gasteiger partial charge on any atom is 0.380 e. The maximum absolute atomic E-state index is 14.0. The molecule has 1 fully saturated rings. The molecule has 3 aromatic rings. The van der Waals surface area contributed by atoms with E-state index in [1.807, 2.05) is 0 Å². The number of fused-ring (bicyclic) bond motifs is 1. The Balaban J connectivity index is 1.63. The van der Waals surface area contributed by atoms with Gasteiger partial charge < -0.3 is 35.1 Å². The van der Waals surface area contributed by atoms with E-state index >= 15 is 0 Å². The lowest BCUT2D eigenvalue weighted by atomic mass is 9.91. The van der Waals surface area contributed by atoms with Crippen LogP contribution in [0.3, 0.4) is 0 Å². The van der Waals surface area contributed by atoms with E-state index in [9.17, 15) is 23.7 Å². The molecule has 0 aliphatic carbocycles. The minimum Gasteiger partial charge on any atom is -0.463 e. The molecule has 1 aliphatic rings. The predicted molar refractivity (Wildman–Crippen MR) is 151 cm³/mol. The molecule has 2 aromatic heterocycles. The minimum absolute atomic E-state index is 0.0856. The van der Waals surface area contributed by atoms with Gasteiger partial charge in [-0.15, -0.1) is 0 Å². The van der Waals surface area contributed by atoms with Gasteiger partial charge in [-0.3, -0.25) is 19.1 Å². The van der Waals surface area contributed by atoms with Gasteiger partial charge >= 0.3 is 13.6 Å². The zero-order valence-corrected chi connectivity index (χ0v) is 24.1. The van der Waals surface area contributed by atoms with E-state index in [1.165, 1.54) is 23.8 Å². The van der Waals surface area contributed by atoms with E-state index < -0.39 is 62.3 Å². The molecular weight excluding hydrogens is 572 g/mol. The Morgan fingerprint density at radius 2 is 2.02 bits per heavy atom. The van der Waals surface area contributed by atoms with Crippen LogP contribution in [0.1, 0.15) is 27.0 Å². The number of nitrogen functional groups attached to an aromatic ring is 1. The molecule has 15 heteroatoms. The number of halogens is 1. The number of anilines is 1. The summed E-state index contributed by atoms with van der Waals surface area (Å²) in [5.74, 6) is 3.34. The number of rotatable bonds is 10. The molecule has 13 nitrogen and oxygen atoms in total. The Morgan fingerprint density at radius 3 is 2.69 bits per heavy atom. The number of carbonyl (C=O) groups excluding carboxylic acids is 1. The van der Waals surface area contributed by atoms with Crippen LogP contribution in [0, 0.1) is 17.8 Å². The number of carbonyl (C=O) groups is 1. The van der Waals surface area contributed by atoms with Crippen molar-refractivity contribution < 1.29 is 37.4 Å². The smallest absolute Gasteiger partial charge is 0.380 e. The van der Waals surface area contributed by atoms with E-state index in [0.29, 0.717) is 0 Å². The monoisotopic (exact) mass is 605 g/mol. The van der Waals surface area contributed by atoms with Crippen molar-refractivity contribution in [2.24, 2.45) is 11.7 Å². The molecule has 0 amide bonds. The standard InChI is InChI=1S/C27H33FN5O8P/c1-16(2)39-24(36)17(3)15-42(37,41-18-8-5-4-6-9-18)38-14-20-21(34)27(30,11-7-12-28)25(40-20)33-13-10-19-22(33)31-26(29)32-23(19)35/h4-6,8-10,13,16-17,20-21,25,34H,12,14-15,30H2,1-3H3,(H3,29,31,32,35)/t17-,20-,21+,25-,27?,42+/m1/s1. The molecule has 226 valence electrons. The van der Waals surface area contributed by atoms with Crippen molar-refractivity contribution in [3.8, 4) is 17.6 Å². The van der Waals surface area contributed by atoms with Crippen LogP contribution in [-0.4, -0.2) is 68.9 Å². The van der Waals surface area contributed by atoms with Gasteiger partial charge in [0.1, 0.15) is 24.6 Å². The van der Waals surface area contributed by atoms with Crippen molar-refractivity contribution in [2.45, 2.75) is 50.8 Å². The van der Waals surface area contributed by atoms with E-state index in [0.717, 1.165) is 0 Å². The number of nitrogens with two attached hydrogens (primary N) is 2. The first-order chi connectivity index (χ1) is 19.9. The van der Waals surface area contributed by atoms with Gasteiger partial charge in [0, 0.05) is 6.20 Å². The fraction of sp³-hybridized carbons (Fsp3) is 0.444. The zero-order valence-electron chi connectivity index (χ0n) is 23.2. The van der Waals surface area contributed by atoms with Crippen LogP contribution in [0.5, 0.6) is 5.75 Å². The van der Waals surface area contributed by atoms with E-state index in [4.69, 9.17) is 30.0 Å². The molecular formula is C27H33FN5O8P. The minimum atomic E-state index is -4.08. The molecule has 0 bridgehead atoms. The molecule has 4 rings (SSSR count). The van der Waals surface area contributed by atoms with Crippen LogP contribution in [0.15, 0.2) is 47.4 Å². The molecule has 1 aliphatic heterocycles. The maximum atomic E-state index is 14.0. The summed E-state index contributed by atoms with van der Waals surface area (Å²) in [6.45, 7) is 3.34. The number of aliphatic hydroxyl groups is 1. The topological polar surface area (TPSA) is 194 Å². The van der Waals surface area contributed by atoms with Gasteiger partial charge in [0.15, 0.2) is 17.4 Å². The summed E-state index contributed by atoms with van der Waals surface area (Å²) in [6.07, 6.45) is -3.42. The number of nitrogens with one attached hydrogen (secondary N) is 1. The SMILES string of the molecule is CC(C)OC(=O)[C@H](C)C[P@](=O)(OC[C@H]1O[C@@H](n2ccc3c(=O)[nH]c(N)nc32)C(N)(C#CCF)[C@H]1O)Oc1ccccc1. The van der Waals surface area contributed by atoms with Gasteiger partial charge in [0.25, 0.3) is 5.56 Å². The predicted octanol–water partition coefficient (Wildman–Crippen LogP) is 2.11. The second-order valence-corrected chi connectivity index (χ2v) is 12.2. The number of H-pyrrole nitrogens is 1. The highest BCUT2D eigenvalue weighted by molar-refractivity contribution is 7.54. The first-order valence-electron chi connectivity index (χ1n) is 13.1. The summed E-state index contributed by atoms with van der Waals surface area (Å²) in [6, 6.07) is 9.67. The van der Waals surface area contributed by atoms with Crippen LogP contribution in [0.2, 0.25) is 0 Å². The fourth-order valence-corrected chi connectivity index (χ4v) is 6.38. The molecule has 1 aromatic carbocycles. The van der Waals surface area contributed by atoms with Crippen LogP contribution in [0.25, 0.3) is 11.0 Å². The summed E-state index contributed by atoms with van der Waals surface area (Å²) >= 11 is 0. The summed E-state index contributed by atoms with van der Waals surface area (Å²) in [5.41, 5.74) is 9.89. The van der Waals surface area contributed by atoms with E-state index in [-0.39, 0.29) is 35.0 Å². The number of aliphatic hydroxyl groups excluding tert-OH is 1. The Bertz CT molecular complexity index is 1590. The molecule has 3 heterocycles. The van der Waals surface area contributed by atoms with Crippen LogP contribution in [-0.2, 0) is 23.4 Å². The van der Waals surface area contributed by atoms with Gasteiger partial charge in [-0.25, -0.2) is 8.96 Å². The lowest BCUT2D eigenvalue weighted by Crippen LogP contribution is -2.53. The first kappa shape index (κ1) is 31.2. The Labute approximate surface area is 240 Å². The highest BCUT2D eigenvalue weighted by Crippen LogP contribution is 2.51. The lowest BCUT2D eigenvalue weighted by Gasteiger charge is -2.28. The third kappa shape index (κ3) is 6.67. The number of aromatic nitrogens is 3. The first-order valence-corrected chi connectivity index (χ1v) is 14.8. The highest BCUT2D eigenvalue weighted by atomic mass is 31.2. The third-order valence-corrected chi connectivity index (χ3v) is 8.48. The Hall–Kier alpha value is -3.73. The summed E-state index contributed by atoms with van der Waals surface area (Å²) < 4.78 is 51.2. The largest absolute Gasteiger partial charge is 0.463 e. The number of hydrogen-bond donors (Lipinski definition) is 4. The summed E-state index contributed by atoms with van der Waals surface area (Å²) in [7, 11) is -4.08. The van der Waals surface area contributed by atoms with Gasteiger partial charge in [-0.2, -0.15) is 4.98 Å². The number of alkyl halides is 1. The van der Waals surface area contributed by atoms with Crippen molar-refractivity contribution >= 4 is 30.5 Å². The van der Waals surface area contributed by atoms with Crippen LogP contribution in [0.4, 0.5) is 10.3 Å². The zero-order chi connectivity index (χ0) is 30.7. The quantitative estimate of drug-likeness (QED) is 0.150. The highest BCUT2D eigenvalue weighted by Gasteiger charge is 2.55. The van der Waals surface area contributed by atoms with Crippen molar-refractivity contribution in [1.82, 2.24) is 14.5 Å². The summed E-state index contributed by atoms with van der Waals surface area (Å²) in [4.78, 5) is 31.4. The number of ether oxygens (including phenoxy) is 2. The van der Waals surface area contributed by atoms with Gasteiger partial charge in [0.05, 0.1) is 30.2 Å². The lowest BCUT2D eigenvalue weighted by molar-refractivity contribution is -0.151. The van der Waals surface area contributed by atoms with Crippen LogP contribution < -0.4 is 21.6 Å². The van der Waals surface area contributed by atoms with Crippen molar-refractivity contribution in [3.63, 3.8) is 0 Å². The van der Waals surface area contributed by atoms with E-state index in [1.54, 1.807) is 44.2 Å². The molecule has 42 heavy (non-hydrogen) atoms. The fourth-order valence-electron chi connectivity index (χ4n) is 4.51. The Kier molecular flexibility index (Phi) is 9.40.